The van der Waals surface area contributed by atoms with Crippen molar-refractivity contribution in [3.8, 4) is 17.1 Å². The molecule has 3 nitrogen and oxygen atoms in total. The molecular formula is C29H44N2O. The lowest BCUT2D eigenvalue weighted by molar-refractivity contribution is 0.304. The SMILES string of the molecule is CCCCCCCOc1ccc(-c2ncc3c(n2)CCC(CC(CC)CCCC)C3)cc1. The number of aryl methyl sites for hydroxylation is 1. The second kappa shape index (κ2) is 13.6. The highest BCUT2D eigenvalue weighted by atomic mass is 16.5. The van der Waals surface area contributed by atoms with Crippen molar-refractivity contribution in [2.24, 2.45) is 11.8 Å². The van der Waals surface area contributed by atoms with Crippen LogP contribution in [0, 0.1) is 11.8 Å². The van der Waals surface area contributed by atoms with Crippen LogP contribution in [0.1, 0.15) is 103 Å². The van der Waals surface area contributed by atoms with Crippen molar-refractivity contribution in [3.63, 3.8) is 0 Å². The Morgan fingerprint density at radius 1 is 0.969 bits per heavy atom. The molecule has 1 aliphatic rings. The maximum atomic E-state index is 5.90. The van der Waals surface area contributed by atoms with Crippen LogP contribution in [0.25, 0.3) is 11.4 Å². The summed E-state index contributed by atoms with van der Waals surface area (Å²) in [6.07, 6.45) is 18.7. The average molecular weight is 437 g/mol. The molecule has 32 heavy (non-hydrogen) atoms. The number of unbranched alkanes of at least 4 members (excludes halogenated alkanes) is 5. The summed E-state index contributed by atoms with van der Waals surface area (Å²) in [4.78, 5) is 9.68. The molecule has 1 aromatic heterocycles. The van der Waals surface area contributed by atoms with E-state index in [1.807, 2.05) is 0 Å². The molecule has 0 radical (unpaired) electrons. The van der Waals surface area contributed by atoms with Crippen molar-refractivity contribution in [2.75, 3.05) is 6.61 Å². The van der Waals surface area contributed by atoms with Crippen LogP contribution in [-0.2, 0) is 12.8 Å². The molecule has 2 aromatic rings. The van der Waals surface area contributed by atoms with Crippen LogP contribution in [0.4, 0.5) is 0 Å². The minimum Gasteiger partial charge on any atom is -0.494 e. The third kappa shape index (κ3) is 7.60. The Kier molecular flexibility index (Phi) is 10.5. The van der Waals surface area contributed by atoms with Crippen LogP contribution < -0.4 is 4.74 Å². The summed E-state index contributed by atoms with van der Waals surface area (Å²) in [5, 5.41) is 0. The highest BCUT2D eigenvalue weighted by Gasteiger charge is 2.23. The first kappa shape index (κ1) is 24.7. The average Bonchev–Trinajstić information content (AvgIpc) is 2.84. The summed E-state index contributed by atoms with van der Waals surface area (Å²) in [5.41, 5.74) is 3.72. The van der Waals surface area contributed by atoms with Gasteiger partial charge in [0, 0.05) is 17.5 Å². The van der Waals surface area contributed by atoms with Crippen molar-refractivity contribution in [3.05, 3.63) is 41.7 Å². The first-order chi connectivity index (χ1) is 15.7. The molecule has 1 heterocycles. The van der Waals surface area contributed by atoms with Crippen molar-refractivity contribution in [1.29, 1.82) is 0 Å². The smallest absolute Gasteiger partial charge is 0.159 e. The zero-order chi connectivity index (χ0) is 22.6. The number of aromatic nitrogens is 2. The van der Waals surface area contributed by atoms with Crippen molar-refractivity contribution >= 4 is 0 Å². The van der Waals surface area contributed by atoms with Gasteiger partial charge in [-0.3, -0.25) is 0 Å². The van der Waals surface area contributed by atoms with Gasteiger partial charge in [0.05, 0.1) is 6.61 Å². The second-order valence-corrected chi connectivity index (χ2v) is 9.71. The molecule has 0 saturated heterocycles. The number of benzene rings is 1. The van der Waals surface area contributed by atoms with Gasteiger partial charge in [-0.15, -0.1) is 0 Å². The third-order valence-corrected chi connectivity index (χ3v) is 7.09. The minimum atomic E-state index is 0.802. The van der Waals surface area contributed by atoms with E-state index in [4.69, 9.17) is 14.7 Å². The van der Waals surface area contributed by atoms with E-state index in [0.717, 1.165) is 54.8 Å². The third-order valence-electron chi connectivity index (χ3n) is 7.09. The van der Waals surface area contributed by atoms with Crippen LogP contribution in [0.3, 0.4) is 0 Å². The van der Waals surface area contributed by atoms with E-state index in [1.165, 1.54) is 75.5 Å². The zero-order valence-electron chi connectivity index (χ0n) is 20.7. The Labute approximate surface area is 196 Å². The van der Waals surface area contributed by atoms with E-state index in [1.54, 1.807) is 0 Å². The van der Waals surface area contributed by atoms with Gasteiger partial charge < -0.3 is 4.74 Å². The fraction of sp³-hybridized carbons (Fsp3) is 0.655. The number of fused-ring (bicyclic) bond motifs is 1. The molecule has 1 aromatic carbocycles. The zero-order valence-corrected chi connectivity index (χ0v) is 20.7. The van der Waals surface area contributed by atoms with Gasteiger partial charge in [0.15, 0.2) is 5.82 Å². The number of rotatable bonds is 14. The van der Waals surface area contributed by atoms with E-state index >= 15 is 0 Å². The highest BCUT2D eigenvalue weighted by Crippen LogP contribution is 2.32. The molecule has 0 aliphatic heterocycles. The van der Waals surface area contributed by atoms with Crippen molar-refractivity contribution in [2.45, 2.75) is 104 Å². The van der Waals surface area contributed by atoms with Crippen molar-refractivity contribution < 1.29 is 4.74 Å². The Hall–Kier alpha value is -1.90. The van der Waals surface area contributed by atoms with E-state index in [2.05, 4.69) is 51.2 Å². The van der Waals surface area contributed by atoms with Gasteiger partial charge in [0.1, 0.15) is 5.75 Å². The van der Waals surface area contributed by atoms with Gasteiger partial charge in [0.2, 0.25) is 0 Å². The van der Waals surface area contributed by atoms with Crippen LogP contribution >= 0.6 is 0 Å². The molecule has 2 atom stereocenters. The first-order valence-electron chi connectivity index (χ1n) is 13.3. The van der Waals surface area contributed by atoms with Gasteiger partial charge in [-0.25, -0.2) is 9.97 Å². The van der Waals surface area contributed by atoms with E-state index < -0.39 is 0 Å². The molecule has 0 saturated carbocycles. The Morgan fingerprint density at radius 3 is 2.50 bits per heavy atom. The van der Waals surface area contributed by atoms with Crippen LogP contribution in [0.5, 0.6) is 5.75 Å². The maximum absolute atomic E-state index is 5.90. The molecule has 3 heteroatoms. The summed E-state index contributed by atoms with van der Waals surface area (Å²) in [5.74, 6) is 3.48. The molecule has 0 amide bonds. The summed E-state index contributed by atoms with van der Waals surface area (Å²) < 4.78 is 5.90. The lowest BCUT2D eigenvalue weighted by Crippen LogP contribution is -2.19. The summed E-state index contributed by atoms with van der Waals surface area (Å²) in [6.45, 7) is 7.71. The molecule has 0 bridgehead atoms. The summed E-state index contributed by atoms with van der Waals surface area (Å²) >= 11 is 0. The largest absolute Gasteiger partial charge is 0.494 e. The molecule has 0 fully saturated rings. The fourth-order valence-corrected chi connectivity index (χ4v) is 4.97. The standard InChI is InChI=1S/C29H44N2O/c1-4-7-9-10-11-19-32-27-16-14-25(15-17-27)29-30-22-26-21-24(13-18-28(26)31-29)20-23(6-3)12-8-5-2/h14-17,22-24H,4-13,18-21H2,1-3H3. The molecule has 3 rings (SSSR count). The number of ether oxygens (including phenoxy) is 1. The predicted molar refractivity (Wildman–Crippen MR) is 135 cm³/mol. The van der Waals surface area contributed by atoms with E-state index in [9.17, 15) is 0 Å². The Bertz CT molecular complexity index is 786. The van der Waals surface area contributed by atoms with Crippen LogP contribution in [0.15, 0.2) is 30.5 Å². The molecule has 2 unspecified atom stereocenters. The van der Waals surface area contributed by atoms with Gasteiger partial charge in [-0.2, -0.15) is 0 Å². The van der Waals surface area contributed by atoms with Crippen LogP contribution in [0.2, 0.25) is 0 Å². The van der Waals surface area contributed by atoms with Gasteiger partial charge in [0.25, 0.3) is 0 Å². The number of hydrogen-bond donors (Lipinski definition) is 0. The molecule has 176 valence electrons. The number of hydrogen-bond acceptors (Lipinski definition) is 3. The second-order valence-electron chi connectivity index (χ2n) is 9.71. The lowest BCUT2D eigenvalue weighted by Gasteiger charge is -2.27. The maximum Gasteiger partial charge on any atom is 0.159 e. The monoisotopic (exact) mass is 436 g/mol. The molecule has 0 N–H and O–H groups in total. The Morgan fingerprint density at radius 2 is 1.75 bits per heavy atom. The predicted octanol–water partition coefficient (Wildman–Crippen LogP) is 8.20. The topological polar surface area (TPSA) is 35.0 Å². The minimum absolute atomic E-state index is 0.802. The lowest BCUT2D eigenvalue weighted by atomic mass is 9.79. The molecule has 0 spiro atoms. The van der Waals surface area contributed by atoms with E-state index in [0.29, 0.717) is 0 Å². The number of nitrogens with zero attached hydrogens (tertiary/aromatic N) is 2. The summed E-state index contributed by atoms with van der Waals surface area (Å²) in [6, 6.07) is 8.31. The fourth-order valence-electron chi connectivity index (χ4n) is 4.97. The normalized spacial score (nSPS) is 16.5. The van der Waals surface area contributed by atoms with E-state index in [-0.39, 0.29) is 0 Å². The first-order valence-corrected chi connectivity index (χ1v) is 13.3. The summed E-state index contributed by atoms with van der Waals surface area (Å²) in [7, 11) is 0. The molecule has 1 aliphatic carbocycles. The van der Waals surface area contributed by atoms with Gasteiger partial charge in [-0.05, 0) is 73.8 Å². The van der Waals surface area contributed by atoms with Gasteiger partial charge in [-0.1, -0.05) is 72.1 Å². The van der Waals surface area contributed by atoms with Crippen molar-refractivity contribution in [1.82, 2.24) is 9.97 Å². The van der Waals surface area contributed by atoms with Gasteiger partial charge >= 0.3 is 0 Å². The quantitative estimate of drug-likeness (QED) is 0.280. The van der Waals surface area contributed by atoms with Crippen LogP contribution in [-0.4, -0.2) is 16.6 Å². The highest BCUT2D eigenvalue weighted by molar-refractivity contribution is 5.56. The Balaban J connectivity index is 1.52. The molecular weight excluding hydrogens is 392 g/mol.